The zero-order valence-corrected chi connectivity index (χ0v) is 12.2. The lowest BCUT2D eigenvalue weighted by molar-refractivity contribution is -0.688. The Morgan fingerprint density at radius 1 is 1.05 bits per heavy atom. The molecule has 0 fully saturated rings. The van der Waals surface area contributed by atoms with E-state index in [9.17, 15) is 4.79 Å². The fourth-order valence-corrected chi connectivity index (χ4v) is 1.83. The van der Waals surface area contributed by atoms with E-state index >= 15 is 0 Å². The predicted molar refractivity (Wildman–Crippen MR) is 77.3 cm³/mol. The summed E-state index contributed by atoms with van der Waals surface area (Å²) in [4.78, 5) is 11.9. The summed E-state index contributed by atoms with van der Waals surface area (Å²) in [7, 11) is 0. The first kappa shape index (κ1) is 14.3. The largest absolute Gasteiger partial charge is 0.456 e. The minimum Gasteiger partial charge on any atom is -0.456 e. The highest BCUT2D eigenvalue weighted by atomic mass is 16.6. The number of carbonyl (C=O) groups is 1. The van der Waals surface area contributed by atoms with E-state index in [1.54, 1.807) is 12.1 Å². The molecule has 2 rings (SSSR count). The number of aromatic nitrogens is 1. The van der Waals surface area contributed by atoms with Crippen LogP contribution >= 0.6 is 0 Å². The number of hydrogen-bond donors (Lipinski definition) is 0. The molecule has 1 aromatic carbocycles. The molecule has 3 heteroatoms. The maximum atomic E-state index is 11.9. The van der Waals surface area contributed by atoms with Gasteiger partial charge < -0.3 is 4.74 Å². The molecular weight excluding hydrogens is 250 g/mol. The first-order valence-electron chi connectivity index (χ1n) is 6.70. The molecule has 0 bridgehead atoms. The minimum atomic E-state index is -0.465. The van der Waals surface area contributed by atoms with Crippen molar-refractivity contribution in [3.05, 3.63) is 66.0 Å². The summed E-state index contributed by atoms with van der Waals surface area (Å²) in [5, 5.41) is 0. The van der Waals surface area contributed by atoms with E-state index in [-0.39, 0.29) is 5.97 Å². The zero-order valence-electron chi connectivity index (χ0n) is 12.2. The number of carbonyl (C=O) groups excluding carboxylic acids is 1. The number of pyridine rings is 1. The van der Waals surface area contributed by atoms with Crippen molar-refractivity contribution in [1.29, 1.82) is 0 Å². The quantitative estimate of drug-likeness (QED) is 0.634. The smallest absolute Gasteiger partial charge is 0.339 e. The fourth-order valence-electron chi connectivity index (χ4n) is 1.83. The van der Waals surface area contributed by atoms with Crippen molar-refractivity contribution in [3.8, 4) is 0 Å². The van der Waals surface area contributed by atoms with Gasteiger partial charge in [0.05, 0.1) is 5.56 Å². The van der Waals surface area contributed by atoms with Gasteiger partial charge in [0.25, 0.3) is 0 Å². The van der Waals surface area contributed by atoms with E-state index in [1.807, 2.05) is 55.9 Å². The SMILES string of the molecule is CC(C)(C)OC(=O)c1cc[n+](Cc2ccccc2)cc1. The summed E-state index contributed by atoms with van der Waals surface area (Å²) in [6.07, 6.45) is 3.79. The van der Waals surface area contributed by atoms with E-state index in [1.165, 1.54) is 5.56 Å². The van der Waals surface area contributed by atoms with Crippen LogP contribution < -0.4 is 4.57 Å². The van der Waals surface area contributed by atoms with Gasteiger partial charge >= 0.3 is 5.97 Å². The number of rotatable bonds is 3. The lowest BCUT2D eigenvalue weighted by Crippen LogP contribution is -2.33. The summed E-state index contributed by atoms with van der Waals surface area (Å²) < 4.78 is 7.36. The normalized spacial score (nSPS) is 11.2. The fraction of sp³-hybridized carbons (Fsp3) is 0.294. The number of nitrogens with zero attached hydrogens (tertiary/aromatic N) is 1. The Morgan fingerprint density at radius 3 is 2.20 bits per heavy atom. The van der Waals surface area contributed by atoms with E-state index in [0.717, 1.165) is 6.54 Å². The monoisotopic (exact) mass is 270 g/mol. The standard InChI is InChI=1S/C17H20NO2/c1-17(2,3)20-16(19)15-9-11-18(12-10-15)13-14-7-5-4-6-8-14/h4-12H,13H2,1-3H3/q+1. The van der Waals surface area contributed by atoms with Crippen molar-refractivity contribution in [2.75, 3.05) is 0 Å². The van der Waals surface area contributed by atoms with Crippen LogP contribution in [-0.4, -0.2) is 11.6 Å². The molecule has 0 N–H and O–H groups in total. The lowest BCUT2D eigenvalue weighted by Gasteiger charge is -2.19. The van der Waals surface area contributed by atoms with E-state index in [2.05, 4.69) is 12.1 Å². The summed E-state index contributed by atoms with van der Waals surface area (Å²) in [6.45, 7) is 6.38. The van der Waals surface area contributed by atoms with Crippen molar-refractivity contribution < 1.29 is 14.1 Å². The van der Waals surface area contributed by atoms with Crippen molar-refractivity contribution in [2.24, 2.45) is 0 Å². The van der Waals surface area contributed by atoms with Gasteiger partial charge in [-0.25, -0.2) is 9.36 Å². The second-order valence-corrected chi connectivity index (χ2v) is 5.75. The molecular formula is C17H20NO2+. The molecule has 0 saturated heterocycles. The second-order valence-electron chi connectivity index (χ2n) is 5.75. The molecule has 1 aromatic heterocycles. The maximum Gasteiger partial charge on any atom is 0.339 e. The molecule has 0 aliphatic carbocycles. The number of benzene rings is 1. The van der Waals surface area contributed by atoms with Crippen LogP contribution in [0.25, 0.3) is 0 Å². The van der Waals surface area contributed by atoms with Gasteiger partial charge in [-0.05, 0) is 20.8 Å². The average molecular weight is 270 g/mol. The van der Waals surface area contributed by atoms with Gasteiger partial charge in [-0.2, -0.15) is 0 Å². The van der Waals surface area contributed by atoms with Gasteiger partial charge in [0.1, 0.15) is 5.60 Å². The van der Waals surface area contributed by atoms with Crippen LogP contribution in [0.1, 0.15) is 36.7 Å². The molecule has 104 valence electrons. The average Bonchev–Trinajstić information content (AvgIpc) is 2.39. The summed E-state index contributed by atoms with van der Waals surface area (Å²) in [5.74, 6) is -0.288. The lowest BCUT2D eigenvalue weighted by atomic mass is 10.2. The Balaban J connectivity index is 2.05. The van der Waals surface area contributed by atoms with E-state index < -0.39 is 5.60 Å². The van der Waals surface area contributed by atoms with Gasteiger partial charge in [0, 0.05) is 17.7 Å². The van der Waals surface area contributed by atoms with Gasteiger partial charge in [-0.3, -0.25) is 0 Å². The molecule has 0 aliphatic heterocycles. The third-order valence-corrected chi connectivity index (χ3v) is 2.73. The highest BCUT2D eigenvalue weighted by molar-refractivity contribution is 5.89. The third-order valence-electron chi connectivity index (χ3n) is 2.73. The Morgan fingerprint density at radius 2 is 1.65 bits per heavy atom. The van der Waals surface area contributed by atoms with Crippen LogP contribution in [0, 0.1) is 0 Å². The van der Waals surface area contributed by atoms with Gasteiger partial charge in [-0.15, -0.1) is 0 Å². The summed E-state index contributed by atoms with van der Waals surface area (Å²) in [6, 6.07) is 13.8. The van der Waals surface area contributed by atoms with Crippen LogP contribution in [0.3, 0.4) is 0 Å². The van der Waals surface area contributed by atoms with E-state index in [4.69, 9.17) is 4.74 Å². The Hall–Kier alpha value is -2.16. The molecule has 0 unspecified atom stereocenters. The molecule has 3 nitrogen and oxygen atoms in total. The van der Waals surface area contributed by atoms with Crippen molar-refractivity contribution in [2.45, 2.75) is 32.9 Å². The topological polar surface area (TPSA) is 30.2 Å². The van der Waals surface area contributed by atoms with Gasteiger partial charge in [0.2, 0.25) is 0 Å². The van der Waals surface area contributed by atoms with Crippen LogP contribution in [0.15, 0.2) is 54.9 Å². The Kier molecular flexibility index (Phi) is 4.18. The molecule has 0 spiro atoms. The minimum absolute atomic E-state index is 0.288. The predicted octanol–water partition coefficient (Wildman–Crippen LogP) is 2.98. The number of hydrogen-bond acceptors (Lipinski definition) is 2. The summed E-state index contributed by atoms with van der Waals surface area (Å²) >= 11 is 0. The molecule has 1 heterocycles. The van der Waals surface area contributed by atoms with Crippen molar-refractivity contribution in [1.82, 2.24) is 0 Å². The van der Waals surface area contributed by atoms with Gasteiger partial charge in [-0.1, -0.05) is 30.3 Å². The molecule has 0 radical (unpaired) electrons. The summed E-state index contributed by atoms with van der Waals surface area (Å²) in [5.41, 5.74) is 1.33. The maximum absolute atomic E-state index is 11.9. The molecule has 0 atom stereocenters. The van der Waals surface area contributed by atoms with Crippen molar-refractivity contribution >= 4 is 5.97 Å². The molecule has 2 aromatic rings. The van der Waals surface area contributed by atoms with Crippen LogP contribution in [-0.2, 0) is 11.3 Å². The number of esters is 1. The molecule has 0 aliphatic rings. The van der Waals surface area contributed by atoms with Crippen molar-refractivity contribution in [3.63, 3.8) is 0 Å². The molecule has 20 heavy (non-hydrogen) atoms. The van der Waals surface area contributed by atoms with Crippen LogP contribution in [0.5, 0.6) is 0 Å². The first-order chi connectivity index (χ1) is 9.44. The number of ether oxygens (including phenoxy) is 1. The highest BCUT2D eigenvalue weighted by Gasteiger charge is 2.18. The zero-order chi connectivity index (χ0) is 14.6. The van der Waals surface area contributed by atoms with Crippen LogP contribution in [0.2, 0.25) is 0 Å². The molecule has 0 amide bonds. The first-order valence-corrected chi connectivity index (χ1v) is 6.70. The highest BCUT2D eigenvalue weighted by Crippen LogP contribution is 2.11. The van der Waals surface area contributed by atoms with E-state index in [0.29, 0.717) is 5.56 Å². The second kappa shape index (κ2) is 5.87. The van der Waals surface area contributed by atoms with Crippen LogP contribution in [0.4, 0.5) is 0 Å². The third kappa shape index (κ3) is 4.19. The molecule has 0 saturated carbocycles. The Bertz CT molecular complexity index is 568. The van der Waals surface area contributed by atoms with Gasteiger partial charge in [0.15, 0.2) is 18.9 Å². The Labute approximate surface area is 119 Å².